The summed E-state index contributed by atoms with van der Waals surface area (Å²) in [5.41, 5.74) is 0.0360. The molecule has 1 aromatic carbocycles. The molecule has 0 atom stereocenters. The average Bonchev–Trinajstić information content (AvgIpc) is 2.76. The summed E-state index contributed by atoms with van der Waals surface area (Å²) in [6.07, 6.45) is 3.12. The predicted molar refractivity (Wildman–Crippen MR) is 69.2 cm³/mol. The van der Waals surface area contributed by atoms with Crippen LogP contribution in [0.4, 0.5) is 8.78 Å². The van der Waals surface area contributed by atoms with E-state index in [2.05, 4.69) is 21.0 Å². The molecule has 0 amide bonds. The minimum atomic E-state index is -3.46. The molecule has 0 spiro atoms. The molecule has 0 radical (unpaired) electrons. The Morgan fingerprint density at radius 1 is 1.32 bits per heavy atom. The molecule has 0 fully saturated rings. The molecule has 1 aromatic heterocycles. The van der Waals surface area contributed by atoms with Crippen molar-refractivity contribution in [2.45, 2.75) is 10.2 Å². The molecular formula is C11H9BrF2N2O2S. The Hall–Kier alpha value is -1.28. The lowest BCUT2D eigenvalue weighted by Crippen LogP contribution is -2.03. The molecule has 0 unspecified atom stereocenters. The Morgan fingerprint density at radius 3 is 2.32 bits per heavy atom. The minimum Gasteiger partial charge on any atom is -0.234 e. The monoisotopic (exact) mass is 350 g/mol. The number of hydrogen-bond donors (Lipinski definition) is 0. The fraction of sp³-hybridized carbons (Fsp3) is 0.182. The smallest absolute Gasteiger partial charge is 0.178 e. The van der Waals surface area contributed by atoms with Gasteiger partial charge in [0, 0.05) is 17.8 Å². The fourth-order valence-electron chi connectivity index (χ4n) is 1.53. The van der Waals surface area contributed by atoms with E-state index in [0.29, 0.717) is 10.9 Å². The van der Waals surface area contributed by atoms with Gasteiger partial charge in [-0.3, -0.25) is 0 Å². The van der Waals surface area contributed by atoms with Crippen LogP contribution in [-0.2, 0) is 15.2 Å². The number of alkyl halides is 1. The maximum Gasteiger partial charge on any atom is 0.178 e. The van der Waals surface area contributed by atoms with Gasteiger partial charge in [-0.2, -0.15) is 5.10 Å². The van der Waals surface area contributed by atoms with Gasteiger partial charge in [-0.15, -0.1) is 0 Å². The van der Waals surface area contributed by atoms with E-state index < -0.39 is 27.2 Å². The summed E-state index contributed by atoms with van der Waals surface area (Å²) in [5.74, 6) is -1.62. The number of nitrogens with zero attached hydrogens (tertiary/aromatic N) is 2. The summed E-state index contributed by atoms with van der Waals surface area (Å²) in [6, 6.07) is 2.32. The van der Waals surface area contributed by atoms with E-state index in [0.717, 1.165) is 35.5 Å². The summed E-state index contributed by atoms with van der Waals surface area (Å²) < 4.78 is 51.1. The molecule has 1 heterocycles. The highest BCUT2D eigenvalue weighted by Gasteiger charge is 2.17. The second-order valence-electron chi connectivity index (χ2n) is 3.93. The normalized spacial score (nSPS) is 11.8. The van der Waals surface area contributed by atoms with Crippen molar-refractivity contribution in [3.63, 3.8) is 0 Å². The Labute approximate surface area is 117 Å². The van der Waals surface area contributed by atoms with E-state index >= 15 is 0 Å². The molecule has 0 saturated heterocycles. The zero-order chi connectivity index (χ0) is 14.2. The molecule has 2 rings (SSSR count). The lowest BCUT2D eigenvalue weighted by molar-refractivity contribution is 0.558. The van der Waals surface area contributed by atoms with Gasteiger partial charge in [0.15, 0.2) is 21.5 Å². The molecule has 102 valence electrons. The Morgan fingerprint density at radius 2 is 1.89 bits per heavy atom. The van der Waals surface area contributed by atoms with Crippen LogP contribution in [0.1, 0.15) is 5.56 Å². The molecule has 2 aromatic rings. The number of rotatable bonds is 3. The largest absolute Gasteiger partial charge is 0.234 e. The van der Waals surface area contributed by atoms with Crippen LogP contribution < -0.4 is 0 Å². The van der Waals surface area contributed by atoms with E-state index in [1.807, 2.05) is 0 Å². The van der Waals surface area contributed by atoms with Gasteiger partial charge in [0.1, 0.15) is 10.6 Å². The lowest BCUT2D eigenvalue weighted by atomic mass is 10.2. The van der Waals surface area contributed by atoms with Crippen LogP contribution in [0.3, 0.4) is 0 Å². The SMILES string of the molecule is CS(=O)(=O)c1cnn(-c2c(F)cc(CBr)cc2F)c1. The van der Waals surface area contributed by atoms with Crippen molar-refractivity contribution < 1.29 is 17.2 Å². The van der Waals surface area contributed by atoms with Crippen molar-refractivity contribution in [3.05, 3.63) is 41.7 Å². The average molecular weight is 351 g/mol. The van der Waals surface area contributed by atoms with E-state index in [4.69, 9.17) is 0 Å². The van der Waals surface area contributed by atoms with Gasteiger partial charge in [-0.25, -0.2) is 21.9 Å². The van der Waals surface area contributed by atoms with Gasteiger partial charge in [0.05, 0.1) is 6.20 Å². The lowest BCUT2D eigenvalue weighted by Gasteiger charge is -2.06. The van der Waals surface area contributed by atoms with E-state index in [9.17, 15) is 17.2 Å². The fourth-order valence-corrected chi connectivity index (χ4v) is 2.39. The van der Waals surface area contributed by atoms with Gasteiger partial charge in [-0.05, 0) is 17.7 Å². The van der Waals surface area contributed by atoms with Crippen molar-refractivity contribution in [2.24, 2.45) is 0 Å². The number of hydrogen-bond acceptors (Lipinski definition) is 3. The Kier molecular flexibility index (Phi) is 3.73. The van der Waals surface area contributed by atoms with Crippen molar-refractivity contribution in [1.82, 2.24) is 9.78 Å². The molecule has 0 saturated carbocycles. The third kappa shape index (κ3) is 2.84. The topological polar surface area (TPSA) is 52.0 Å². The number of halogens is 3. The molecule has 19 heavy (non-hydrogen) atoms. The molecule has 0 N–H and O–H groups in total. The first kappa shape index (κ1) is 14.1. The second kappa shape index (κ2) is 5.01. The van der Waals surface area contributed by atoms with Gasteiger partial charge < -0.3 is 0 Å². The second-order valence-corrected chi connectivity index (χ2v) is 6.51. The van der Waals surface area contributed by atoms with E-state index in [1.54, 1.807) is 0 Å². The predicted octanol–water partition coefficient (Wildman–Crippen LogP) is 2.45. The van der Waals surface area contributed by atoms with Crippen LogP contribution in [0.2, 0.25) is 0 Å². The highest BCUT2D eigenvalue weighted by molar-refractivity contribution is 9.08. The molecule has 8 heteroatoms. The summed E-state index contributed by atoms with van der Waals surface area (Å²) in [4.78, 5) is -0.101. The van der Waals surface area contributed by atoms with Gasteiger partial charge >= 0.3 is 0 Å². The quantitative estimate of drug-likeness (QED) is 0.799. The van der Waals surface area contributed by atoms with Crippen LogP contribution in [0.25, 0.3) is 5.69 Å². The first-order valence-electron chi connectivity index (χ1n) is 5.12. The first-order chi connectivity index (χ1) is 8.82. The highest BCUT2D eigenvalue weighted by atomic mass is 79.9. The summed E-state index contributed by atoms with van der Waals surface area (Å²) in [6.45, 7) is 0. The molecular weight excluding hydrogens is 342 g/mol. The third-order valence-corrected chi connectivity index (χ3v) is 4.16. The Balaban J connectivity index is 2.57. The van der Waals surface area contributed by atoms with Crippen LogP contribution in [0.15, 0.2) is 29.4 Å². The summed E-state index contributed by atoms with van der Waals surface area (Å²) >= 11 is 3.10. The van der Waals surface area contributed by atoms with Crippen LogP contribution >= 0.6 is 15.9 Å². The summed E-state index contributed by atoms with van der Waals surface area (Å²) in [5, 5.41) is 3.99. The van der Waals surface area contributed by atoms with Crippen LogP contribution in [-0.4, -0.2) is 24.5 Å². The minimum absolute atomic E-state index is 0.101. The molecule has 0 bridgehead atoms. The van der Waals surface area contributed by atoms with E-state index in [1.165, 1.54) is 0 Å². The first-order valence-corrected chi connectivity index (χ1v) is 8.13. The molecule has 0 aliphatic heterocycles. The maximum atomic E-state index is 13.8. The van der Waals surface area contributed by atoms with Gasteiger partial charge in [-0.1, -0.05) is 15.9 Å². The molecule has 4 nitrogen and oxygen atoms in total. The van der Waals surface area contributed by atoms with Gasteiger partial charge in [0.2, 0.25) is 0 Å². The van der Waals surface area contributed by atoms with Crippen molar-refractivity contribution in [2.75, 3.05) is 6.26 Å². The maximum absolute atomic E-state index is 13.8. The van der Waals surface area contributed by atoms with E-state index in [-0.39, 0.29) is 4.90 Å². The van der Waals surface area contributed by atoms with Crippen LogP contribution in [0, 0.1) is 11.6 Å². The van der Waals surface area contributed by atoms with Crippen molar-refractivity contribution in [1.29, 1.82) is 0 Å². The summed E-state index contributed by atoms with van der Waals surface area (Å²) in [7, 11) is -3.46. The molecule has 0 aliphatic rings. The number of aromatic nitrogens is 2. The van der Waals surface area contributed by atoms with Crippen molar-refractivity contribution >= 4 is 25.8 Å². The number of benzene rings is 1. The highest BCUT2D eigenvalue weighted by Crippen LogP contribution is 2.21. The van der Waals surface area contributed by atoms with Gasteiger partial charge in [0.25, 0.3) is 0 Å². The standard InChI is InChI=1S/C11H9BrF2N2O2S/c1-19(17,18)8-5-15-16(6-8)11-9(13)2-7(4-12)3-10(11)14/h2-3,5-6H,4H2,1H3. The van der Waals surface area contributed by atoms with Crippen molar-refractivity contribution in [3.8, 4) is 5.69 Å². The third-order valence-electron chi connectivity index (χ3n) is 2.45. The zero-order valence-electron chi connectivity index (χ0n) is 9.77. The molecule has 0 aliphatic carbocycles. The Bertz CT molecular complexity index is 705. The number of sulfone groups is 1. The zero-order valence-corrected chi connectivity index (χ0v) is 12.2. The van der Waals surface area contributed by atoms with Crippen LogP contribution in [0.5, 0.6) is 0 Å².